The minimum absolute atomic E-state index is 0.0490. The van der Waals surface area contributed by atoms with Gasteiger partial charge >= 0.3 is 6.18 Å². The highest BCUT2D eigenvalue weighted by Gasteiger charge is 2.34. The molecule has 0 radical (unpaired) electrons. The Kier molecular flexibility index (Phi) is 1.95. The van der Waals surface area contributed by atoms with Crippen LogP contribution in [0.15, 0.2) is 18.3 Å². The van der Waals surface area contributed by atoms with Crippen LogP contribution in [-0.2, 0) is 6.18 Å². The van der Waals surface area contributed by atoms with E-state index in [0.29, 0.717) is 6.29 Å². The molecule has 7 heteroatoms. The van der Waals surface area contributed by atoms with Gasteiger partial charge in [-0.25, -0.2) is 9.50 Å². The number of hydrogen-bond donors (Lipinski definition) is 0. The Morgan fingerprint density at radius 2 is 2.07 bits per heavy atom. The third kappa shape index (κ3) is 1.67. The van der Waals surface area contributed by atoms with E-state index >= 15 is 0 Å². The van der Waals surface area contributed by atoms with Gasteiger partial charge < -0.3 is 0 Å². The van der Waals surface area contributed by atoms with Crippen LogP contribution in [0.3, 0.4) is 0 Å². The minimum Gasteiger partial charge on any atom is -0.296 e. The van der Waals surface area contributed by atoms with Gasteiger partial charge in [0.1, 0.15) is 5.69 Å². The van der Waals surface area contributed by atoms with Crippen LogP contribution in [0.4, 0.5) is 13.2 Å². The second kappa shape index (κ2) is 3.04. The Labute approximate surface area is 81.3 Å². The molecule has 2 aromatic rings. The first-order valence-electron chi connectivity index (χ1n) is 3.89. The maximum Gasteiger partial charge on any atom is 0.434 e. The van der Waals surface area contributed by atoms with Gasteiger partial charge in [-0.3, -0.25) is 4.79 Å². The van der Waals surface area contributed by atoms with E-state index < -0.39 is 11.9 Å². The number of halogens is 3. The Morgan fingerprint density at radius 3 is 2.67 bits per heavy atom. The fourth-order valence-electron chi connectivity index (χ4n) is 1.10. The average molecular weight is 215 g/mol. The Hall–Kier alpha value is -1.92. The quantitative estimate of drug-likeness (QED) is 0.678. The average Bonchev–Trinajstić information content (AvgIpc) is 2.59. The van der Waals surface area contributed by atoms with Crippen LogP contribution < -0.4 is 0 Å². The number of nitrogens with zero attached hydrogens (tertiary/aromatic N) is 3. The number of fused-ring (bicyclic) bond motifs is 1. The molecule has 0 aliphatic heterocycles. The van der Waals surface area contributed by atoms with E-state index in [0.717, 1.165) is 10.7 Å². The van der Waals surface area contributed by atoms with Crippen LogP contribution in [0.2, 0.25) is 0 Å². The first-order chi connectivity index (χ1) is 7.00. The summed E-state index contributed by atoms with van der Waals surface area (Å²) in [7, 11) is 0. The van der Waals surface area contributed by atoms with Crippen molar-refractivity contribution in [3.8, 4) is 0 Å². The fraction of sp³-hybridized carbons (Fsp3) is 0.125. The second-order valence-corrected chi connectivity index (χ2v) is 2.80. The molecule has 0 saturated heterocycles. The first kappa shape index (κ1) is 9.63. The van der Waals surface area contributed by atoms with Gasteiger partial charge in [0, 0.05) is 0 Å². The molecule has 0 fully saturated rings. The number of hydrogen-bond acceptors (Lipinski definition) is 3. The van der Waals surface area contributed by atoms with Crippen LogP contribution >= 0.6 is 0 Å². The number of rotatable bonds is 1. The zero-order valence-electron chi connectivity index (χ0n) is 7.19. The highest BCUT2D eigenvalue weighted by Crippen LogP contribution is 2.27. The summed E-state index contributed by atoms with van der Waals surface area (Å²) >= 11 is 0. The fourth-order valence-corrected chi connectivity index (χ4v) is 1.10. The standard InChI is InChI=1S/C8H4F3N3O/c9-8(10,11)6-3-14-7(12-6)2-1-5(4-15)13-14/h1-4H. The summed E-state index contributed by atoms with van der Waals surface area (Å²) in [6.07, 6.45) is -3.32. The van der Waals surface area contributed by atoms with Crippen LogP contribution in [0.25, 0.3) is 5.65 Å². The Bertz CT molecular complexity index is 517. The summed E-state index contributed by atoms with van der Waals surface area (Å²) in [6.45, 7) is 0. The molecule has 4 nitrogen and oxygen atoms in total. The van der Waals surface area contributed by atoms with Crippen LogP contribution in [0.1, 0.15) is 16.2 Å². The van der Waals surface area contributed by atoms with Crippen molar-refractivity contribution in [2.45, 2.75) is 6.18 Å². The lowest BCUT2D eigenvalue weighted by Crippen LogP contribution is -2.04. The molecule has 2 rings (SSSR count). The van der Waals surface area contributed by atoms with Crippen molar-refractivity contribution in [3.05, 3.63) is 29.7 Å². The molecule has 0 unspecified atom stereocenters. The van der Waals surface area contributed by atoms with Gasteiger partial charge in [0.2, 0.25) is 0 Å². The number of carbonyl (C=O) groups excluding carboxylic acids is 1. The van der Waals surface area contributed by atoms with Gasteiger partial charge in [0.15, 0.2) is 17.6 Å². The lowest BCUT2D eigenvalue weighted by Gasteiger charge is -1.98. The summed E-state index contributed by atoms with van der Waals surface area (Å²) in [6, 6.07) is 2.60. The lowest BCUT2D eigenvalue weighted by molar-refractivity contribution is -0.140. The maximum absolute atomic E-state index is 12.2. The van der Waals surface area contributed by atoms with Crippen molar-refractivity contribution >= 4 is 11.9 Å². The second-order valence-electron chi connectivity index (χ2n) is 2.80. The van der Waals surface area contributed by atoms with Gasteiger partial charge in [-0.15, -0.1) is 0 Å². The van der Waals surface area contributed by atoms with E-state index in [2.05, 4.69) is 10.1 Å². The van der Waals surface area contributed by atoms with Crippen molar-refractivity contribution in [3.63, 3.8) is 0 Å². The van der Waals surface area contributed by atoms with E-state index in [9.17, 15) is 18.0 Å². The molecule has 78 valence electrons. The number of imidazole rings is 1. The topological polar surface area (TPSA) is 47.3 Å². The predicted octanol–water partition coefficient (Wildman–Crippen LogP) is 1.56. The number of carbonyl (C=O) groups is 1. The largest absolute Gasteiger partial charge is 0.434 e. The van der Waals surface area contributed by atoms with Crippen LogP contribution in [0, 0.1) is 0 Å². The highest BCUT2D eigenvalue weighted by molar-refractivity contribution is 5.71. The van der Waals surface area contributed by atoms with Crippen molar-refractivity contribution in [2.24, 2.45) is 0 Å². The van der Waals surface area contributed by atoms with Gasteiger partial charge in [-0.1, -0.05) is 0 Å². The molecule has 0 amide bonds. The lowest BCUT2D eigenvalue weighted by atomic mass is 10.4. The van der Waals surface area contributed by atoms with E-state index in [-0.39, 0.29) is 11.3 Å². The highest BCUT2D eigenvalue weighted by atomic mass is 19.4. The number of aromatic nitrogens is 3. The molecular formula is C8H4F3N3O. The van der Waals surface area contributed by atoms with Gasteiger partial charge in [-0.05, 0) is 12.1 Å². The molecule has 2 aromatic heterocycles. The maximum atomic E-state index is 12.2. The van der Waals surface area contributed by atoms with Crippen LogP contribution in [-0.4, -0.2) is 20.9 Å². The van der Waals surface area contributed by atoms with Crippen molar-refractivity contribution in [1.82, 2.24) is 14.6 Å². The van der Waals surface area contributed by atoms with Gasteiger partial charge in [0.05, 0.1) is 6.20 Å². The molecule has 15 heavy (non-hydrogen) atoms. The molecule has 0 N–H and O–H groups in total. The SMILES string of the molecule is O=Cc1ccc2nc(C(F)(F)F)cn2n1. The molecule has 0 spiro atoms. The van der Waals surface area contributed by atoms with E-state index in [1.54, 1.807) is 0 Å². The van der Waals surface area contributed by atoms with Crippen molar-refractivity contribution in [2.75, 3.05) is 0 Å². The zero-order chi connectivity index (χ0) is 11.1. The van der Waals surface area contributed by atoms with Crippen molar-refractivity contribution < 1.29 is 18.0 Å². The summed E-state index contributed by atoms with van der Waals surface area (Å²) in [5, 5.41) is 3.61. The molecule has 2 heterocycles. The minimum atomic E-state index is -4.50. The van der Waals surface area contributed by atoms with Crippen LogP contribution in [0.5, 0.6) is 0 Å². The molecule has 0 aliphatic rings. The smallest absolute Gasteiger partial charge is 0.296 e. The molecule has 0 aromatic carbocycles. The number of alkyl halides is 3. The van der Waals surface area contributed by atoms with E-state index in [1.165, 1.54) is 12.1 Å². The first-order valence-corrected chi connectivity index (χ1v) is 3.89. The third-order valence-electron chi connectivity index (χ3n) is 1.75. The van der Waals surface area contributed by atoms with E-state index in [4.69, 9.17) is 0 Å². The molecule has 0 saturated carbocycles. The Balaban J connectivity index is 2.61. The normalized spacial score (nSPS) is 11.9. The Morgan fingerprint density at radius 1 is 1.33 bits per heavy atom. The van der Waals surface area contributed by atoms with Crippen molar-refractivity contribution in [1.29, 1.82) is 0 Å². The predicted molar refractivity (Wildman–Crippen MR) is 43.4 cm³/mol. The molecular weight excluding hydrogens is 211 g/mol. The van der Waals surface area contributed by atoms with Gasteiger partial charge in [0.25, 0.3) is 0 Å². The molecule has 0 aliphatic carbocycles. The monoisotopic (exact) mass is 215 g/mol. The molecule has 0 bridgehead atoms. The summed E-state index contributed by atoms with van der Waals surface area (Å²) in [4.78, 5) is 13.7. The zero-order valence-corrected chi connectivity index (χ0v) is 7.19. The van der Waals surface area contributed by atoms with Gasteiger partial charge in [-0.2, -0.15) is 18.3 Å². The number of aldehydes is 1. The third-order valence-corrected chi connectivity index (χ3v) is 1.75. The summed E-state index contributed by atoms with van der Waals surface area (Å²) < 4.78 is 37.6. The summed E-state index contributed by atoms with van der Waals surface area (Å²) in [5.74, 6) is 0. The summed E-state index contributed by atoms with van der Waals surface area (Å²) in [5.41, 5.74) is -0.931. The molecule has 0 atom stereocenters. The van der Waals surface area contributed by atoms with E-state index in [1.807, 2.05) is 0 Å².